The minimum absolute atomic E-state index is 0.106. The quantitative estimate of drug-likeness (QED) is 0.858. The molecule has 0 aliphatic heterocycles. The fourth-order valence-electron chi connectivity index (χ4n) is 1.85. The van der Waals surface area contributed by atoms with E-state index in [0.29, 0.717) is 5.95 Å². The van der Waals surface area contributed by atoms with Crippen molar-refractivity contribution in [1.82, 2.24) is 9.97 Å². The lowest BCUT2D eigenvalue weighted by Crippen LogP contribution is -2.13. The number of anilines is 1. The third-order valence-corrected chi connectivity index (χ3v) is 3.19. The van der Waals surface area contributed by atoms with Gasteiger partial charge >= 0.3 is 0 Å². The van der Waals surface area contributed by atoms with Gasteiger partial charge in [-0.2, -0.15) is 0 Å². The Morgan fingerprint density at radius 3 is 2.47 bits per heavy atom. The fourth-order valence-corrected chi connectivity index (χ4v) is 2.05. The van der Waals surface area contributed by atoms with Gasteiger partial charge in [-0.25, -0.2) is 9.97 Å². The van der Waals surface area contributed by atoms with Crippen molar-refractivity contribution in [3.8, 4) is 0 Å². The summed E-state index contributed by atoms with van der Waals surface area (Å²) >= 11 is 3.31. The summed E-state index contributed by atoms with van der Waals surface area (Å²) in [5.41, 5.74) is 1.17. The Labute approximate surface area is 121 Å². The SMILES string of the molecule is OCCCC(Nc1ncc(Br)cn1)c1ccccc1. The van der Waals surface area contributed by atoms with E-state index in [2.05, 4.69) is 43.3 Å². The number of hydrogen-bond acceptors (Lipinski definition) is 4. The molecular formula is C14H16BrN3O. The molecule has 0 amide bonds. The molecule has 0 spiro atoms. The summed E-state index contributed by atoms with van der Waals surface area (Å²) in [5.74, 6) is 0.593. The summed E-state index contributed by atoms with van der Waals surface area (Å²) < 4.78 is 0.852. The lowest BCUT2D eigenvalue weighted by atomic mass is 10.0. The number of nitrogens with one attached hydrogen (secondary N) is 1. The van der Waals surface area contributed by atoms with E-state index in [0.717, 1.165) is 17.3 Å². The first-order valence-corrected chi connectivity index (χ1v) is 6.99. The van der Waals surface area contributed by atoms with E-state index < -0.39 is 0 Å². The van der Waals surface area contributed by atoms with E-state index >= 15 is 0 Å². The maximum Gasteiger partial charge on any atom is 0.223 e. The van der Waals surface area contributed by atoms with Gasteiger partial charge in [-0.05, 0) is 34.3 Å². The van der Waals surface area contributed by atoms with Crippen LogP contribution in [0.2, 0.25) is 0 Å². The number of aromatic nitrogens is 2. The predicted octanol–water partition coefficient (Wildman–Crippen LogP) is 3.16. The molecule has 0 fully saturated rings. The van der Waals surface area contributed by atoms with Gasteiger partial charge in [0.15, 0.2) is 0 Å². The summed E-state index contributed by atoms with van der Waals surface area (Å²) in [5, 5.41) is 12.3. The highest BCUT2D eigenvalue weighted by Gasteiger charge is 2.11. The minimum Gasteiger partial charge on any atom is -0.396 e. The van der Waals surface area contributed by atoms with E-state index in [9.17, 15) is 0 Å². The maximum atomic E-state index is 9.00. The molecule has 0 saturated heterocycles. The second kappa shape index (κ2) is 7.21. The highest BCUT2D eigenvalue weighted by Crippen LogP contribution is 2.22. The van der Waals surface area contributed by atoms with Crippen LogP contribution >= 0.6 is 15.9 Å². The molecule has 0 bridgehead atoms. The molecule has 0 radical (unpaired) electrons. The molecule has 5 heteroatoms. The Morgan fingerprint density at radius 1 is 1.16 bits per heavy atom. The Kier molecular flexibility index (Phi) is 5.30. The topological polar surface area (TPSA) is 58.0 Å². The number of aliphatic hydroxyl groups excluding tert-OH is 1. The van der Waals surface area contributed by atoms with Crippen LogP contribution in [0.4, 0.5) is 5.95 Å². The van der Waals surface area contributed by atoms with Crippen LogP contribution < -0.4 is 5.32 Å². The van der Waals surface area contributed by atoms with Gasteiger partial charge < -0.3 is 10.4 Å². The first-order valence-electron chi connectivity index (χ1n) is 6.19. The summed E-state index contributed by atoms with van der Waals surface area (Å²) in [4.78, 5) is 8.44. The molecule has 100 valence electrons. The minimum atomic E-state index is 0.106. The normalized spacial score (nSPS) is 12.1. The van der Waals surface area contributed by atoms with Crippen LogP contribution in [-0.2, 0) is 0 Å². The zero-order chi connectivity index (χ0) is 13.5. The van der Waals surface area contributed by atoms with Crippen molar-refractivity contribution in [3.05, 3.63) is 52.8 Å². The van der Waals surface area contributed by atoms with Crippen molar-refractivity contribution in [2.75, 3.05) is 11.9 Å². The number of halogens is 1. The van der Waals surface area contributed by atoms with Crippen molar-refractivity contribution in [3.63, 3.8) is 0 Å². The van der Waals surface area contributed by atoms with Gasteiger partial charge in [-0.3, -0.25) is 0 Å². The Balaban J connectivity index is 2.11. The largest absolute Gasteiger partial charge is 0.396 e. The zero-order valence-electron chi connectivity index (χ0n) is 10.5. The van der Waals surface area contributed by atoms with Crippen LogP contribution in [0, 0.1) is 0 Å². The number of hydrogen-bond donors (Lipinski definition) is 2. The van der Waals surface area contributed by atoms with Gasteiger partial charge in [0.05, 0.1) is 10.5 Å². The summed E-state index contributed by atoms with van der Waals surface area (Å²) in [6, 6.07) is 10.2. The second-order valence-electron chi connectivity index (χ2n) is 4.20. The Morgan fingerprint density at radius 2 is 1.84 bits per heavy atom. The van der Waals surface area contributed by atoms with Crippen LogP contribution in [-0.4, -0.2) is 21.7 Å². The van der Waals surface area contributed by atoms with E-state index in [1.807, 2.05) is 18.2 Å². The highest BCUT2D eigenvalue weighted by atomic mass is 79.9. The molecule has 2 aromatic rings. The monoisotopic (exact) mass is 321 g/mol. The molecule has 1 atom stereocenters. The van der Waals surface area contributed by atoms with Crippen molar-refractivity contribution in [2.24, 2.45) is 0 Å². The number of benzene rings is 1. The van der Waals surface area contributed by atoms with Gasteiger partial charge in [0.25, 0.3) is 0 Å². The lowest BCUT2D eigenvalue weighted by molar-refractivity contribution is 0.281. The van der Waals surface area contributed by atoms with Crippen LogP contribution in [0.5, 0.6) is 0 Å². The lowest BCUT2D eigenvalue weighted by Gasteiger charge is -2.18. The van der Waals surface area contributed by atoms with Gasteiger partial charge in [0.2, 0.25) is 5.95 Å². The summed E-state index contributed by atoms with van der Waals surface area (Å²) in [6.45, 7) is 0.187. The molecule has 4 nitrogen and oxygen atoms in total. The van der Waals surface area contributed by atoms with E-state index in [-0.39, 0.29) is 12.6 Å². The molecule has 1 aromatic carbocycles. The smallest absolute Gasteiger partial charge is 0.223 e. The van der Waals surface area contributed by atoms with E-state index in [1.54, 1.807) is 12.4 Å². The number of nitrogens with zero attached hydrogens (tertiary/aromatic N) is 2. The Bertz CT molecular complexity index is 490. The standard InChI is InChI=1S/C14H16BrN3O/c15-12-9-16-14(17-10-12)18-13(7-4-8-19)11-5-2-1-3-6-11/h1-3,5-6,9-10,13,19H,4,7-8H2,(H,16,17,18). The number of aliphatic hydroxyl groups is 1. The van der Waals surface area contributed by atoms with Crippen LogP contribution in [0.3, 0.4) is 0 Å². The van der Waals surface area contributed by atoms with Crippen LogP contribution in [0.1, 0.15) is 24.4 Å². The highest BCUT2D eigenvalue weighted by molar-refractivity contribution is 9.10. The molecule has 0 aliphatic rings. The predicted molar refractivity (Wildman–Crippen MR) is 78.9 cm³/mol. The van der Waals surface area contributed by atoms with Crippen molar-refractivity contribution in [1.29, 1.82) is 0 Å². The summed E-state index contributed by atoms with van der Waals surface area (Å²) in [7, 11) is 0. The molecule has 19 heavy (non-hydrogen) atoms. The molecule has 2 N–H and O–H groups in total. The zero-order valence-corrected chi connectivity index (χ0v) is 12.0. The molecule has 1 heterocycles. The average molecular weight is 322 g/mol. The molecular weight excluding hydrogens is 306 g/mol. The average Bonchev–Trinajstić information content (AvgIpc) is 2.46. The van der Waals surface area contributed by atoms with Gasteiger partial charge in [0, 0.05) is 19.0 Å². The molecule has 1 unspecified atom stereocenters. The first kappa shape index (κ1) is 14.0. The molecule has 1 aromatic heterocycles. The van der Waals surface area contributed by atoms with E-state index in [1.165, 1.54) is 5.56 Å². The second-order valence-corrected chi connectivity index (χ2v) is 5.11. The maximum absolute atomic E-state index is 9.00. The fraction of sp³-hybridized carbons (Fsp3) is 0.286. The first-order chi connectivity index (χ1) is 9.29. The van der Waals surface area contributed by atoms with Gasteiger partial charge in [0.1, 0.15) is 0 Å². The third kappa shape index (κ3) is 4.29. The van der Waals surface area contributed by atoms with Gasteiger partial charge in [-0.15, -0.1) is 0 Å². The van der Waals surface area contributed by atoms with Crippen LogP contribution in [0.15, 0.2) is 47.2 Å². The van der Waals surface area contributed by atoms with Crippen molar-refractivity contribution in [2.45, 2.75) is 18.9 Å². The van der Waals surface area contributed by atoms with Crippen molar-refractivity contribution < 1.29 is 5.11 Å². The Hall–Kier alpha value is -1.46. The third-order valence-electron chi connectivity index (χ3n) is 2.78. The molecule has 0 saturated carbocycles. The molecule has 0 aliphatic carbocycles. The van der Waals surface area contributed by atoms with Gasteiger partial charge in [-0.1, -0.05) is 30.3 Å². The summed E-state index contributed by atoms with van der Waals surface area (Å²) in [6.07, 6.45) is 5.00. The molecule has 2 rings (SSSR count). The van der Waals surface area contributed by atoms with E-state index in [4.69, 9.17) is 5.11 Å². The van der Waals surface area contributed by atoms with Crippen LogP contribution in [0.25, 0.3) is 0 Å². The number of rotatable bonds is 6. The van der Waals surface area contributed by atoms with Crippen molar-refractivity contribution >= 4 is 21.9 Å².